The molecule has 2 N–H and O–H groups in total. The quantitative estimate of drug-likeness (QED) is 0.705. The van der Waals surface area contributed by atoms with E-state index in [4.69, 9.17) is 4.74 Å². The van der Waals surface area contributed by atoms with Crippen molar-refractivity contribution in [2.75, 3.05) is 5.32 Å². The van der Waals surface area contributed by atoms with Crippen LogP contribution in [0, 0.1) is 13.8 Å². The number of nitrogens with one attached hydrogen (secondary N) is 1. The van der Waals surface area contributed by atoms with E-state index < -0.39 is 35.2 Å². The van der Waals surface area contributed by atoms with Gasteiger partial charge in [-0.3, -0.25) is 5.32 Å². The van der Waals surface area contributed by atoms with Crippen molar-refractivity contribution in [1.82, 2.24) is 0 Å². The summed E-state index contributed by atoms with van der Waals surface area (Å²) >= 11 is 0. The average molecular weight is 387 g/mol. The molecule has 1 aromatic carbocycles. The zero-order chi connectivity index (χ0) is 20.7. The van der Waals surface area contributed by atoms with Crippen molar-refractivity contribution < 1.29 is 41.0 Å². The van der Waals surface area contributed by atoms with Crippen LogP contribution in [-0.2, 0) is 10.3 Å². The van der Waals surface area contributed by atoms with Gasteiger partial charge in [-0.25, -0.2) is 4.79 Å². The highest BCUT2D eigenvalue weighted by atomic mass is 19.4. The van der Waals surface area contributed by atoms with E-state index in [1.807, 2.05) is 0 Å². The summed E-state index contributed by atoms with van der Waals surface area (Å²) in [7, 11) is 0. The number of anilines is 1. The van der Waals surface area contributed by atoms with E-state index >= 15 is 0 Å². The van der Waals surface area contributed by atoms with Crippen LogP contribution in [0.5, 0.6) is 0 Å². The van der Waals surface area contributed by atoms with E-state index in [1.165, 1.54) is 13.8 Å². The Bertz CT molecular complexity index is 652. The number of amides is 1. The van der Waals surface area contributed by atoms with E-state index in [-0.39, 0.29) is 16.8 Å². The normalized spacial score (nSPS) is 13.5. The van der Waals surface area contributed by atoms with Crippen molar-refractivity contribution in [2.45, 2.75) is 58.2 Å². The number of ether oxygens (including phenoxy) is 1. The highest BCUT2D eigenvalue weighted by molar-refractivity contribution is 5.87. The minimum atomic E-state index is -5.98. The van der Waals surface area contributed by atoms with Crippen LogP contribution in [-0.4, -0.2) is 29.2 Å². The molecule has 0 aromatic heterocycles. The molecule has 0 heterocycles. The Morgan fingerprint density at radius 1 is 0.962 bits per heavy atom. The number of alkyl halides is 6. The molecule has 1 rings (SSSR count). The van der Waals surface area contributed by atoms with Crippen LogP contribution in [0.2, 0.25) is 0 Å². The van der Waals surface area contributed by atoms with Crippen LogP contribution >= 0.6 is 0 Å². The predicted molar refractivity (Wildman–Crippen MR) is 81.8 cm³/mol. The summed E-state index contributed by atoms with van der Waals surface area (Å²) in [6, 6.07) is 1.06. The summed E-state index contributed by atoms with van der Waals surface area (Å²) in [4.78, 5) is 11.8. The molecule has 0 saturated heterocycles. The van der Waals surface area contributed by atoms with Gasteiger partial charge in [0.05, 0.1) is 0 Å². The Balaban J connectivity index is 3.38. The molecule has 4 nitrogen and oxygen atoms in total. The summed E-state index contributed by atoms with van der Waals surface area (Å²) in [6.07, 6.45) is -12.9. The fourth-order valence-electron chi connectivity index (χ4n) is 2.26. The molecular formula is C16H19F6NO3. The predicted octanol–water partition coefficient (Wildman–Crippen LogP) is 4.96. The van der Waals surface area contributed by atoms with Gasteiger partial charge in [0.1, 0.15) is 5.60 Å². The fraction of sp³-hybridized carbons (Fsp3) is 0.562. The second kappa shape index (κ2) is 6.64. The van der Waals surface area contributed by atoms with Gasteiger partial charge in [0.2, 0.25) is 0 Å². The van der Waals surface area contributed by atoms with Gasteiger partial charge in [0.25, 0.3) is 5.60 Å². The van der Waals surface area contributed by atoms with Crippen LogP contribution < -0.4 is 5.32 Å². The first kappa shape index (κ1) is 22.1. The smallest absolute Gasteiger partial charge is 0.430 e. The van der Waals surface area contributed by atoms with Crippen LogP contribution in [0.25, 0.3) is 0 Å². The summed E-state index contributed by atoms with van der Waals surface area (Å²) in [6.45, 7) is 7.17. The van der Waals surface area contributed by atoms with E-state index in [1.54, 1.807) is 20.8 Å². The average Bonchev–Trinajstić information content (AvgIpc) is 2.37. The third kappa shape index (κ3) is 4.40. The van der Waals surface area contributed by atoms with Gasteiger partial charge in [0.15, 0.2) is 0 Å². The van der Waals surface area contributed by atoms with Gasteiger partial charge in [-0.05, 0) is 45.7 Å². The fourth-order valence-corrected chi connectivity index (χ4v) is 2.26. The zero-order valence-electron chi connectivity index (χ0n) is 14.7. The van der Waals surface area contributed by atoms with Crippen molar-refractivity contribution in [1.29, 1.82) is 0 Å². The minimum absolute atomic E-state index is 0.00491. The zero-order valence-corrected chi connectivity index (χ0v) is 14.7. The second-order valence-corrected chi connectivity index (χ2v) is 6.82. The first-order valence-corrected chi connectivity index (χ1v) is 7.37. The highest BCUT2D eigenvalue weighted by Gasteiger charge is 2.71. The molecule has 0 aliphatic carbocycles. The molecule has 0 bridgehead atoms. The summed E-state index contributed by atoms with van der Waals surface area (Å²) < 4.78 is 82.9. The van der Waals surface area contributed by atoms with Crippen LogP contribution in [0.4, 0.5) is 36.8 Å². The lowest BCUT2D eigenvalue weighted by atomic mass is 9.89. The summed E-state index contributed by atoms with van der Waals surface area (Å²) in [5.41, 5.74) is -7.47. The van der Waals surface area contributed by atoms with Gasteiger partial charge in [-0.15, -0.1) is 0 Å². The number of halogens is 6. The number of hydrogen-bond donors (Lipinski definition) is 2. The number of benzene rings is 1. The van der Waals surface area contributed by atoms with Crippen molar-refractivity contribution in [3.05, 3.63) is 28.8 Å². The lowest BCUT2D eigenvalue weighted by Crippen LogP contribution is -2.54. The van der Waals surface area contributed by atoms with Crippen LogP contribution in [0.1, 0.15) is 37.5 Å². The Hall–Kier alpha value is -1.97. The van der Waals surface area contributed by atoms with Gasteiger partial charge in [-0.1, -0.05) is 12.1 Å². The largest absolute Gasteiger partial charge is 0.444 e. The van der Waals surface area contributed by atoms with Crippen molar-refractivity contribution in [3.8, 4) is 0 Å². The Morgan fingerprint density at radius 2 is 1.35 bits per heavy atom. The summed E-state index contributed by atoms with van der Waals surface area (Å²) in [5, 5.41) is 11.8. The van der Waals surface area contributed by atoms with Crippen molar-refractivity contribution >= 4 is 11.8 Å². The topological polar surface area (TPSA) is 58.6 Å². The second-order valence-electron chi connectivity index (χ2n) is 6.82. The van der Waals surface area contributed by atoms with Crippen LogP contribution in [0.15, 0.2) is 12.1 Å². The van der Waals surface area contributed by atoms with E-state index in [0.29, 0.717) is 12.1 Å². The Morgan fingerprint density at radius 3 is 1.65 bits per heavy atom. The molecular weight excluding hydrogens is 368 g/mol. The lowest BCUT2D eigenvalue weighted by molar-refractivity contribution is -0.376. The van der Waals surface area contributed by atoms with E-state index in [2.05, 4.69) is 5.32 Å². The SMILES string of the molecule is Cc1cc(C(O)(C(F)(F)F)C(F)(F)F)cc(C)c1NC(=O)OC(C)(C)C. The molecule has 1 aromatic rings. The van der Waals surface area contributed by atoms with Gasteiger partial charge in [-0.2, -0.15) is 26.3 Å². The molecule has 0 aliphatic rings. The lowest BCUT2D eigenvalue weighted by Gasteiger charge is -2.33. The molecule has 0 saturated carbocycles. The molecule has 26 heavy (non-hydrogen) atoms. The minimum Gasteiger partial charge on any atom is -0.444 e. The number of aliphatic hydroxyl groups is 1. The number of carbonyl (C=O) groups excluding carboxylic acids is 1. The van der Waals surface area contributed by atoms with Crippen molar-refractivity contribution in [2.24, 2.45) is 0 Å². The molecule has 0 aliphatic heterocycles. The monoisotopic (exact) mass is 387 g/mol. The number of aryl methyl sites for hydroxylation is 2. The maximum Gasteiger partial charge on any atom is 0.430 e. The molecule has 0 atom stereocenters. The summed E-state index contributed by atoms with van der Waals surface area (Å²) in [5.74, 6) is 0. The molecule has 1 amide bonds. The van der Waals surface area contributed by atoms with E-state index in [0.717, 1.165) is 0 Å². The van der Waals surface area contributed by atoms with Gasteiger partial charge in [0, 0.05) is 11.3 Å². The first-order chi connectivity index (χ1) is 11.4. The molecule has 148 valence electrons. The third-order valence-electron chi connectivity index (χ3n) is 3.40. The van der Waals surface area contributed by atoms with Gasteiger partial charge < -0.3 is 9.84 Å². The maximum absolute atomic E-state index is 13.0. The first-order valence-electron chi connectivity index (χ1n) is 7.37. The number of hydrogen-bond acceptors (Lipinski definition) is 3. The van der Waals surface area contributed by atoms with E-state index in [9.17, 15) is 36.2 Å². The molecule has 0 unspecified atom stereocenters. The molecule has 0 radical (unpaired) electrons. The van der Waals surface area contributed by atoms with Crippen LogP contribution in [0.3, 0.4) is 0 Å². The molecule has 10 heteroatoms. The van der Waals surface area contributed by atoms with Gasteiger partial charge >= 0.3 is 18.4 Å². The Kier molecular flexibility index (Phi) is 5.64. The number of rotatable bonds is 2. The standard InChI is InChI=1S/C16H19F6NO3/c1-8-6-10(14(25,15(17,18)19)16(20,21)22)7-9(2)11(8)23-12(24)26-13(3,4)5/h6-7,25H,1-5H3,(H,23,24). The van der Waals surface area contributed by atoms with Crippen molar-refractivity contribution in [3.63, 3.8) is 0 Å². The highest BCUT2D eigenvalue weighted by Crippen LogP contribution is 2.50. The maximum atomic E-state index is 13.0. The third-order valence-corrected chi connectivity index (χ3v) is 3.40. The number of carbonyl (C=O) groups is 1. The molecule has 0 spiro atoms. The Labute approximate surface area is 146 Å². The molecule has 0 fully saturated rings.